The number of nitrogens with zero attached hydrogens (tertiary/aromatic N) is 4. The molecule has 4 unspecified atom stereocenters. The molecule has 2 aliphatic heterocycles. The number of unbranched alkanes of at least 4 members (excludes halogenated alkanes) is 8. The van der Waals surface area contributed by atoms with E-state index < -0.39 is 34.3 Å². The maximum absolute atomic E-state index is 14.6. The fourth-order valence-electron chi connectivity index (χ4n) is 14.1. The van der Waals surface area contributed by atoms with E-state index >= 15 is 0 Å². The number of rotatable bonds is 36. The van der Waals surface area contributed by atoms with Crippen LogP contribution in [0.4, 0.5) is 11.4 Å². The van der Waals surface area contributed by atoms with Gasteiger partial charge in [-0.15, -0.1) is 0 Å². The van der Waals surface area contributed by atoms with E-state index in [1.165, 1.54) is 14.1 Å². The molecule has 20 nitrogen and oxygen atoms in total. The lowest BCUT2D eigenvalue weighted by molar-refractivity contribution is 0.100. The number of hydrogen-bond acceptors (Lipinski definition) is 12. The number of hydrogen-bond donors (Lipinski definition) is 6. The quantitative estimate of drug-likeness (QED) is 0.0200. The van der Waals surface area contributed by atoms with E-state index in [2.05, 4.69) is 110 Å². The molecule has 108 heavy (non-hydrogen) atoms. The molecule has 4 aromatic carbocycles. The zero-order chi connectivity index (χ0) is 76.4. The number of benzene rings is 4. The van der Waals surface area contributed by atoms with Crippen molar-refractivity contribution in [3.63, 3.8) is 0 Å². The van der Waals surface area contributed by atoms with Crippen LogP contribution >= 0.6 is 0 Å². The van der Waals surface area contributed by atoms with Gasteiger partial charge >= 0.3 is 11.4 Å². The van der Waals surface area contributed by atoms with Crippen LogP contribution in [0.5, 0.6) is 23.0 Å². The smallest absolute Gasteiger partial charge is 0.328 e. The minimum atomic E-state index is -0.733. The van der Waals surface area contributed by atoms with Gasteiger partial charge in [-0.05, 0) is 196 Å². The van der Waals surface area contributed by atoms with E-state index in [0.29, 0.717) is 103 Å². The van der Waals surface area contributed by atoms with Crippen molar-refractivity contribution in [3.8, 4) is 67.5 Å². The normalized spacial score (nSPS) is 12.9. The standard InChI is InChI=1S/C88H104N10O10/c1-11-19-23-27-59(15-5)105-63-37-31-55(32-38-63)81-65-41-45-69(89-65)83(57-35-49-77(107-61(17-7)29-25-21-13-3)73(51-57)93-85(101)75-53-79(99)95-87(103)97(75)9)71-47-43-67(91-71)82(56-33-39-64(40-34-56)106-60(16-6)28-24-20-12-2)68-44-48-72(92-68)84(70-46-42-66(81)90-70)58-36-50-78(108-62(18-8)30-26-22-14-4)74(52-58)94-86(102)76-54-80(100)96-88(104)98(76)10/h31-54,59-62,89,92H,11-30H2,1-10H3,(H,93,101)(H,94,102)(H,95,99,103)(H,96,100,104). The second-order valence-electron chi connectivity index (χ2n) is 28.2. The topological polar surface area (TPSA) is 262 Å². The van der Waals surface area contributed by atoms with Gasteiger partial charge in [0.05, 0.1) is 58.6 Å². The van der Waals surface area contributed by atoms with Crippen LogP contribution in [0.3, 0.4) is 0 Å². The van der Waals surface area contributed by atoms with E-state index in [9.17, 15) is 28.8 Å². The maximum atomic E-state index is 14.6. The van der Waals surface area contributed by atoms with Crippen LogP contribution in [-0.2, 0) is 14.1 Å². The van der Waals surface area contributed by atoms with Crippen molar-refractivity contribution in [3.05, 3.63) is 197 Å². The zero-order valence-corrected chi connectivity index (χ0v) is 64.2. The summed E-state index contributed by atoms with van der Waals surface area (Å²) in [6, 6.07) is 38.0. The van der Waals surface area contributed by atoms with E-state index in [4.69, 9.17) is 28.9 Å². The van der Waals surface area contributed by atoms with Crippen LogP contribution in [0.2, 0.25) is 0 Å². The summed E-state index contributed by atoms with van der Waals surface area (Å²) in [5.41, 5.74) is 8.53. The van der Waals surface area contributed by atoms with Gasteiger partial charge in [0, 0.05) is 70.5 Å². The van der Waals surface area contributed by atoms with Crippen molar-refractivity contribution in [1.29, 1.82) is 0 Å². The average Bonchev–Trinajstić information content (AvgIpc) is 1.58. The largest absolute Gasteiger partial charge is 0.490 e. The zero-order valence-electron chi connectivity index (χ0n) is 64.2. The van der Waals surface area contributed by atoms with Crippen LogP contribution in [0.15, 0.2) is 141 Å². The van der Waals surface area contributed by atoms with Gasteiger partial charge in [0.1, 0.15) is 34.4 Å². The highest BCUT2D eigenvalue weighted by Crippen LogP contribution is 2.43. The molecule has 5 aromatic heterocycles. The molecule has 2 amide bonds. The molecule has 0 saturated heterocycles. The first-order valence-electron chi connectivity index (χ1n) is 39.0. The Kier molecular flexibility index (Phi) is 26.7. The number of ether oxygens (including phenoxy) is 4. The number of carbonyl (C=O) groups is 2. The van der Waals surface area contributed by atoms with Crippen molar-refractivity contribution in [2.24, 2.45) is 14.1 Å². The van der Waals surface area contributed by atoms with Crippen LogP contribution in [0, 0.1) is 0 Å². The number of carbonyl (C=O) groups excluding carboxylic acids is 2. The first kappa shape index (κ1) is 78.1. The molecule has 7 heterocycles. The van der Waals surface area contributed by atoms with Gasteiger partial charge in [0.2, 0.25) is 0 Å². The lowest BCUT2D eigenvalue weighted by atomic mass is 10.0. The monoisotopic (exact) mass is 1460 g/mol. The Morgan fingerprint density at radius 3 is 0.972 bits per heavy atom. The summed E-state index contributed by atoms with van der Waals surface area (Å²) in [5.74, 6) is 0.952. The summed E-state index contributed by atoms with van der Waals surface area (Å²) in [6.07, 6.45) is 27.0. The maximum Gasteiger partial charge on any atom is 0.328 e. The van der Waals surface area contributed by atoms with Crippen LogP contribution in [0.25, 0.3) is 90.9 Å². The van der Waals surface area contributed by atoms with Gasteiger partial charge in [0.25, 0.3) is 22.9 Å². The van der Waals surface area contributed by atoms with Crippen LogP contribution in [-0.4, -0.2) is 75.3 Å². The third kappa shape index (κ3) is 18.8. The molecule has 11 rings (SSSR count). The highest BCUT2D eigenvalue weighted by Gasteiger charge is 2.26. The summed E-state index contributed by atoms with van der Waals surface area (Å²) in [4.78, 5) is 104. The molecule has 8 bridgehead atoms. The number of amides is 2. The second kappa shape index (κ2) is 37.0. The third-order valence-electron chi connectivity index (χ3n) is 20.4. The molecule has 2 aliphatic rings. The Labute approximate surface area is 631 Å². The van der Waals surface area contributed by atoms with Crippen molar-refractivity contribution < 1.29 is 28.5 Å². The summed E-state index contributed by atoms with van der Waals surface area (Å²) in [6.45, 7) is 17.2. The summed E-state index contributed by atoms with van der Waals surface area (Å²) in [7, 11) is 2.86. The Balaban J connectivity index is 1.20. The molecule has 0 radical (unpaired) electrons. The molecule has 0 aliphatic carbocycles. The van der Waals surface area contributed by atoms with Gasteiger partial charge in [-0.3, -0.25) is 38.3 Å². The molecule has 6 N–H and O–H groups in total. The first-order valence-corrected chi connectivity index (χ1v) is 39.0. The van der Waals surface area contributed by atoms with E-state index in [-0.39, 0.29) is 35.8 Å². The molecule has 20 heteroatoms. The molecule has 0 spiro atoms. The van der Waals surface area contributed by atoms with E-state index in [1.54, 1.807) is 0 Å². The Hall–Kier alpha value is -11.0. The van der Waals surface area contributed by atoms with Crippen molar-refractivity contribution >= 4 is 69.6 Å². The molecular weight excluding hydrogens is 1360 g/mol. The molecular formula is C88H104N10O10. The lowest BCUT2D eigenvalue weighted by Crippen LogP contribution is -2.33. The van der Waals surface area contributed by atoms with E-state index in [1.807, 2.05) is 109 Å². The number of aromatic amines is 4. The lowest BCUT2D eigenvalue weighted by Gasteiger charge is -2.21. The van der Waals surface area contributed by atoms with Crippen molar-refractivity contribution in [2.75, 3.05) is 10.6 Å². The number of aromatic nitrogens is 8. The Bertz CT molecular complexity index is 4830. The molecule has 9 aromatic rings. The molecule has 0 fully saturated rings. The average molecular weight is 1460 g/mol. The predicted octanol–water partition coefficient (Wildman–Crippen LogP) is 19.6. The summed E-state index contributed by atoms with van der Waals surface area (Å²) < 4.78 is 29.2. The third-order valence-corrected chi connectivity index (χ3v) is 20.4. The van der Waals surface area contributed by atoms with Gasteiger partial charge in [-0.1, -0.05) is 143 Å². The Morgan fingerprint density at radius 2 is 0.667 bits per heavy atom. The molecule has 4 atom stereocenters. The Morgan fingerprint density at radius 1 is 0.370 bits per heavy atom. The van der Waals surface area contributed by atoms with Crippen LogP contribution < -0.4 is 52.1 Å². The molecule has 0 saturated carbocycles. The van der Waals surface area contributed by atoms with Crippen LogP contribution in [0.1, 0.15) is 228 Å². The second-order valence-corrected chi connectivity index (χ2v) is 28.2. The fraction of sp³-hybridized carbons (Fsp3) is 0.386. The fourth-order valence-corrected chi connectivity index (χ4v) is 14.1. The van der Waals surface area contributed by atoms with Crippen molar-refractivity contribution in [1.82, 2.24) is 39.0 Å². The number of anilines is 2. The summed E-state index contributed by atoms with van der Waals surface area (Å²) in [5, 5.41) is 6.14. The minimum absolute atomic E-state index is 0.0477. The molecule has 566 valence electrons. The van der Waals surface area contributed by atoms with Gasteiger partial charge in [-0.2, -0.15) is 0 Å². The SMILES string of the molecule is CCCCCC(CC)Oc1ccc(-c2c3nc(c(-c4ccc(OC(CC)CCCCC)c(NC(=O)c5cc(=O)[nH]c(=O)n5C)c4)c4ccc([nH]4)c(-c4ccc(OC(CC)CCCCC)cc4)c4nc(c(-c5ccc(OC(CC)CCCCC)c(NC(=O)c6cc(=O)[nH]c(=O)n6C)c5)c5ccc2[nH]5)C=C4)C=C3)cc1. The number of fused-ring (bicyclic) bond motifs is 8. The van der Waals surface area contributed by atoms with Gasteiger partial charge in [-0.25, -0.2) is 19.6 Å². The van der Waals surface area contributed by atoms with Gasteiger partial charge < -0.3 is 39.5 Å². The highest BCUT2D eigenvalue weighted by atomic mass is 16.5. The van der Waals surface area contributed by atoms with Gasteiger partial charge in [0.15, 0.2) is 0 Å². The van der Waals surface area contributed by atoms with Crippen molar-refractivity contribution in [2.45, 2.75) is 208 Å². The number of nitrogens with one attached hydrogen (secondary N) is 6. The summed E-state index contributed by atoms with van der Waals surface area (Å²) >= 11 is 0. The number of H-pyrrole nitrogens is 4. The predicted molar refractivity (Wildman–Crippen MR) is 437 cm³/mol. The first-order chi connectivity index (χ1) is 52.4. The van der Waals surface area contributed by atoms with E-state index in [0.717, 1.165) is 171 Å². The minimum Gasteiger partial charge on any atom is -0.490 e. The highest BCUT2D eigenvalue weighted by molar-refractivity contribution is 6.07.